The lowest BCUT2D eigenvalue weighted by molar-refractivity contribution is -0.151. The molecule has 3 unspecified atom stereocenters. The smallest absolute Gasteiger partial charge is 0.306 e. The highest BCUT2D eigenvalue weighted by Crippen LogP contribution is 2.18. The Morgan fingerprint density at radius 1 is 0.453 bits per heavy atom. The monoisotopic (exact) mass is 898 g/mol. The van der Waals surface area contributed by atoms with Crippen LogP contribution in [0.1, 0.15) is 284 Å². The van der Waals surface area contributed by atoms with Gasteiger partial charge in [0.15, 0.2) is 0 Å². The topological polar surface area (TPSA) is 95.9 Å². The number of aliphatic hydroxyl groups is 2. The Morgan fingerprint density at radius 2 is 0.797 bits per heavy atom. The minimum absolute atomic E-state index is 0.0544. The zero-order chi connectivity index (χ0) is 46.7. The highest BCUT2D eigenvalue weighted by Gasteiger charge is 2.24. The Morgan fingerprint density at radius 3 is 1.23 bits per heavy atom. The fourth-order valence-corrected chi connectivity index (χ4v) is 8.50. The number of nitrogens with one attached hydrogen (secondary N) is 1. The number of hydrogen-bond acceptors (Lipinski definition) is 5. The molecule has 0 saturated carbocycles. The van der Waals surface area contributed by atoms with Crippen LogP contribution in [0.25, 0.3) is 0 Å². The first-order valence-electron chi connectivity index (χ1n) is 27.9. The number of allylic oxidation sites excluding steroid dienone is 8. The van der Waals surface area contributed by atoms with Gasteiger partial charge in [0.05, 0.1) is 25.2 Å². The molecule has 0 fully saturated rings. The third-order valence-corrected chi connectivity index (χ3v) is 12.8. The summed E-state index contributed by atoms with van der Waals surface area (Å²) in [5.41, 5.74) is 0. The fraction of sp³-hybridized carbons (Fsp3) is 0.828. The van der Waals surface area contributed by atoms with Crippen LogP contribution >= 0.6 is 0 Å². The van der Waals surface area contributed by atoms with Crippen LogP contribution in [0.5, 0.6) is 0 Å². The molecule has 6 nitrogen and oxygen atoms in total. The van der Waals surface area contributed by atoms with Gasteiger partial charge in [-0.05, 0) is 51.4 Å². The predicted octanol–water partition coefficient (Wildman–Crippen LogP) is 17.0. The second-order valence-electron chi connectivity index (χ2n) is 19.1. The lowest BCUT2D eigenvalue weighted by Gasteiger charge is -2.24. The van der Waals surface area contributed by atoms with E-state index in [0.29, 0.717) is 19.3 Å². The maximum Gasteiger partial charge on any atom is 0.306 e. The molecule has 0 aromatic carbocycles. The Bertz CT molecular complexity index is 1100. The van der Waals surface area contributed by atoms with Crippen molar-refractivity contribution in [1.82, 2.24) is 5.32 Å². The Balaban J connectivity index is 4.63. The molecule has 1 amide bonds. The lowest BCUT2D eigenvalue weighted by atomic mass is 10.0. The van der Waals surface area contributed by atoms with Crippen LogP contribution in [0.15, 0.2) is 48.6 Å². The van der Waals surface area contributed by atoms with Crippen molar-refractivity contribution in [2.45, 2.75) is 302 Å². The van der Waals surface area contributed by atoms with E-state index in [1.807, 2.05) is 0 Å². The number of esters is 1. The van der Waals surface area contributed by atoms with E-state index in [0.717, 1.165) is 70.6 Å². The lowest BCUT2D eigenvalue weighted by Crippen LogP contribution is -2.46. The van der Waals surface area contributed by atoms with Gasteiger partial charge in [-0.15, -0.1) is 0 Å². The van der Waals surface area contributed by atoms with Crippen LogP contribution < -0.4 is 5.32 Å². The molecule has 3 atom stereocenters. The summed E-state index contributed by atoms with van der Waals surface area (Å²) in [7, 11) is 0. The van der Waals surface area contributed by atoms with E-state index in [-0.39, 0.29) is 24.9 Å². The fourth-order valence-electron chi connectivity index (χ4n) is 8.50. The molecule has 0 bridgehead atoms. The van der Waals surface area contributed by atoms with Crippen LogP contribution in [-0.2, 0) is 14.3 Å². The number of hydrogen-bond donors (Lipinski definition) is 3. The number of rotatable bonds is 50. The molecule has 0 aromatic rings. The van der Waals surface area contributed by atoms with Crippen molar-refractivity contribution < 1.29 is 24.5 Å². The van der Waals surface area contributed by atoms with Crippen LogP contribution in [0.3, 0.4) is 0 Å². The summed E-state index contributed by atoms with van der Waals surface area (Å²) in [5.74, 6) is -0.501. The summed E-state index contributed by atoms with van der Waals surface area (Å²) in [5, 5.41) is 23.8. The molecule has 0 saturated heterocycles. The zero-order valence-corrected chi connectivity index (χ0v) is 42.7. The van der Waals surface area contributed by atoms with Gasteiger partial charge in [-0.1, -0.05) is 268 Å². The summed E-state index contributed by atoms with van der Waals surface area (Å²) in [4.78, 5) is 26.2. The van der Waals surface area contributed by atoms with Gasteiger partial charge in [-0.2, -0.15) is 0 Å². The van der Waals surface area contributed by atoms with Gasteiger partial charge in [0.1, 0.15) is 6.10 Å². The van der Waals surface area contributed by atoms with E-state index in [2.05, 4.69) is 74.7 Å². The number of unbranched alkanes of at least 4 members (excludes halogenated alkanes) is 33. The van der Waals surface area contributed by atoms with Crippen molar-refractivity contribution in [3.63, 3.8) is 0 Å². The third kappa shape index (κ3) is 46.4. The largest absolute Gasteiger partial charge is 0.462 e. The van der Waals surface area contributed by atoms with Crippen LogP contribution in [-0.4, -0.2) is 46.9 Å². The molecule has 0 aromatic heterocycles. The molecular formula is C58H107NO5. The summed E-state index contributed by atoms with van der Waals surface area (Å²) in [6.07, 6.45) is 63.1. The summed E-state index contributed by atoms with van der Waals surface area (Å²) < 4.78 is 5.94. The second kappa shape index (κ2) is 51.8. The van der Waals surface area contributed by atoms with Gasteiger partial charge in [0, 0.05) is 6.42 Å². The molecule has 0 heterocycles. The molecule has 0 rings (SSSR count). The van der Waals surface area contributed by atoms with Crippen LogP contribution in [0.4, 0.5) is 0 Å². The van der Waals surface area contributed by atoms with E-state index in [1.54, 1.807) is 0 Å². The molecule has 0 radical (unpaired) electrons. The first-order chi connectivity index (χ1) is 31.5. The highest BCUT2D eigenvalue weighted by molar-refractivity contribution is 5.77. The van der Waals surface area contributed by atoms with Crippen molar-refractivity contribution in [3.8, 4) is 0 Å². The van der Waals surface area contributed by atoms with E-state index in [4.69, 9.17) is 4.74 Å². The van der Waals surface area contributed by atoms with Gasteiger partial charge >= 0.3 is 5.97 Å². The molecule has 374 valence electrons. The summed E-state index contributed by atoms with van der Waals surface area (Å²) >= 11 is 0. The van der Waals surface area contributed by atoms with Crippen molar-refractivity contribution in [1.29, 1.82) is 0 Å². The Kier molecular flexibility index (Phi) is 50.0. The maximum absolute atomic E-state index is 13.2. The normalized spacial score (nSPS) is 13.5. The van der Waals surface area contributed by atoms with Gasteiger partial charge in [0.2, 0.25) is 5.91 Å². The van der Waals surface area contributed by atoms with Crippen molar-refractivity contribution in [2.75, 3.05) is 6.61 Å². The molecule has 0 aliphatic rings. The molecule has 0 spiro atoms. The first-order valence-corrected chi connectivity index (χ1v) is 27.9. The average molecular weight is 898 g/mol. The highest BCUT2D eigenvalue weighted by atomic mass is 16.5. The Labute approximate surface area is 397 Å². The SMILES string of the molecule is CCCCC/C=C/C=C/C=C/C=C/CCCCCC(CC(=O)NC(CO)C(O)CCCCCCCCCCCCCCCC)OC(=O)CCCCCCCCCCCCCCCCC. The molecule has 6 heteroatoms. The van der Waals surface area contributed by atoms with Gasteiger partial charge in [-0.25, -0.2) is 0 Å². The minimum atomic E-state index is -0.798. The summed E-state index contributed by atoms with van der Waals surface area (Å²) in [6.45, 7) is 6.46. The van der Waals surface area contributed by atoms with E-state index < -0.39 is 18.2 Å². The third-order valence-electron chi connectivity index (χ3n) is 12.8. The molecule has 0 aliphatic heterocycles. The number of carbonyl (C=O) groups excluding carboxylic acids is 2. The zero-order valence-electron chi connectivity index (χ0n) is 42.7. The number of carbonyl (C=O) groups is 2. The van der Waals surface area contributed by atoms with Crippen molar-refractivity contribution >= 4 is 11.9 Å². The van der Waals surface area contributed by atoms with E-state index >= 15 is 0 Å². The van der Waals surface area contributed by atoms with E-state index in [1.165, 1.54) is 167 Å². The van der Waals surface area contributed by atoms with Crippen LogP contribution in [0.2, 0.25) is 0 Å². The van der Waals surface area contributed by atoms with E-state index in [9.17, 15) is 19.8 Å². The Hall–Kier alpha value is -2.18. The number of amides is 1. The van der Waals surface area contributed by atoms with Crippen LogP contribution in [0, 0.1) is 0 Å². The summed E-state index contributed by atoms with van der Waals surface area (Å²) in [6, 6.07) is -0.713. The van der Waals surface area contributed by atoms with Gasteiger partial charge in [0.25, 0.3) is 0 Å². The first kappa shape index (κ1) is 61.8. The molecular weight excluding hydrogens is 791 g/mol. The van der Waals surface area contributed by atoms with Crippen molar-refractivity contribution in [2.24, 2.45) is 0 Å². The van der Waals surface area contributed by atoms with Gasteiger partial charge in [-0.3, -0.25) is 9.59 Å². The van der Waals surface area contributed by atoms with Crippen molar-refractivity contribution in [3.05, 3.63) is 48.6 Å². The minimum Gasteiger partial charge on any atom is -0.462 e. The number of ether oxygens (including phenoxy) is 1. The maximum atomic E-state index is 13.2. The molecule has 0 aliphatic carbocycles. The molecule has 64 heavy (non-hydrogen) atoms. The standard InChI is InChI=1S/C58H107NO5/c1-4-7-10-13-16-19-22-25-28-30-31-34-37-40-43-46-49-54(64-58(63)51-48-45-42-39-36-33-29-26-23-20-17-14-11-8-5-2)52-57(62)59-55(53-60)56(61)50-47-44-41-38-35-32-27-24-21-18-15-12-9-6-3/h16,19,22,25,28,30-31,34,54-56,60-61H,4-15,17-18,20-21,23-24,26-27,29,32-33,35-53H2,1-3H3,(H,59,62)/b19-16+,25-22+,30-28+,34-31+. The molecule has 3 N–H and O–H groups in total. The van der Waals surface area contributed by atoms with Gasteiger partial charge < -0.3 is 20.3 Å². The quantitative estimate of drug-likeness (QED) is 0.0321. The second-order valence-corrected chi connectivity index (χ2v) is 19.1. The average Bonchev–Trinajstić information content (AvgIpc) is 3.29. The number of aliphatic hydroxyl groups excluding tert-OH is 2. The predicted molar refractivity (Wildman–Crippen MR) is 278 cm³/mol.